The molecule has 1 nitrogen and oxygen atoms in total. The zero-order chi connectivity index (χ0) is 10.0. The molecule has 68 valence electrons. The van der Waals surface area contributed by atoms with E-state index in [1.807, 2.05) is 13.0 Å². The molecule has 1 rings (SSSR count). The first-order valence-electron chi connectivity index (χ1n) is 4.24. The number of nitrogens with zero attached hydrogens (tertiary/aromatic N) is 1. The fourth-order valence-corrected chi connectivity index (χ4v) is 1.61. The molecule has 2 heteroatoms. The Morgan fingerprint density at radius 3 is 2.46 bits per heavy atom. The first kappa shape index (κ1) is 10.1. The number of benzene rings is 1. The summed E-state index contributed by atoms with van der Waals surface area (Å²) in [6.07, 6.45) is 0. The smallest absolute Gasteiger partial charge is 0.205 e. The monoisotopic (exact) mass is 193 g/mol. The molecule has 0 saturated carbocycles. The molecule has 0 aliphatic rings. The van der Waals surface area contributed by atoms with E-state index in [1.54, 1.807) is 6.07 Å². The van der Waals surface area contributed by atoms with Crippen LogP contribution >= 0.6 is 11.6 Å². The summed E-state index contributed by atoms with van der Waals surface area (Å²) in [4.78, 5) is 3.35. The molecule has 0 amide bonds. The molecule has 0 fully saturated rings. The van der Waals surface area contributed by atoms with Gasteiger partial charge in [0.25, 0.3) is 0 Å². The van der Waals surface area contributed by atoms with Crippen LogP contribution in [-0.4, -0.2) is 0 Å². The Morgan fingerprint density at radius 1 is 1.38 bits per heavy atom. The highest BCUT2D eigenvalue weighted by Crippen LogP contribution is 2.33. The molecule has 0 heterocycles. The van der Waals surface area contributed by atoms with Crippen LogP contribution in [0.25, 0.3) is 4.85 Å². The number of halogens is 1. The molecule has 0 N–H and O–H groups in total. The van der Waals surface area contributed by atoms with Crippen LogP contribution in [-0.2, 0) is 0 Å². The first-order chi connectivity index (χ1) is 6.07. The summed E-state index contributed by atoms with van der Waals surface area (Å²) >= 11 is 6.03. The molecule has 0 radical (unpaired) electrons. The fraction of sp³-hybridized carbons (Fsp3) is 0.364. The van der Waals surface area contributed by atoms with E-state index in [2.05, 4.69) is 18.7 Å². The third kappa shape index (κ3) is 1.84. The molecular weight excluding hydrogens is 182 g/mol. The van der Waals surface area contributed by atoms with Crippen LogP contribution in [0.4, 0.5) is 5.69 Å². The molecule has 1 aromatic rings. The van der Waals surface area contributed by atoms with E-state index in [0.717, 1.165) is 5.56 Å². The average molecular weight is 194 g/mol. The summed E-state index contributed by atoms with van der Waals surface area (Å²) in [5.41, 5.74) is 2.80. The van der Waals surface area contributed by atoms with Gasteiger partial charge in [-0.05, 0) is 24.0 Å². The summed E-state index contributed by atoms with van der Waals surface area (Å²) in [5.74, 6) is 0.456. The van der Waals surface area contributed by atoms with Crippen LogP contribution in [0, 0.1) is 13.5 Å². The van der Waals surface area contributed by atoms with Gasteiger partial charge in [0.1, 0.15) is 0 Å². The van der Waals surface area contributed by atoms with Crippen molar-refractivity contribution in [1.82, 2.24) is 0 Å². The molecule has 0 spiro atoms. The van der Waals surface area contributed by atoms with Gasteiger partial charge in [-0.25, -0.2) is 4.85 Å². The molecule has 0 bridgehead atoms. The molecular formula is C11H12ClN. The zero-order valence-corrected chi connectivity index (χ0v) is 8.81. The highest BCUT2D eigenvalue weighted by atomic mass is 35.5. The van der Waals surface area contributed by atoms with Crippen molar-refractivity contribution in [3.63, 3.8) is 0 Å². The Balaban J connectivity index is 3.33. The predicted molar refractivity (Wildman–Crippen MR) is 56.5 cm³/mol. The Bertz CT molecular complexity index is 361. The van der Waals surface area contributed by atoms with Crippen molar-refractivity contribution in [3.05, 3.63) is 39.7 Å². The van der Waals surface area contributed by atoms with Gasteiger partial charge < -0.3 is 0 Å². The first-order valence-corrected chi connectivity index (χ1v) is 4.62. The number of hydrogen-bond acceptors (Lipinski definition) is 0. The van der Waals surface area contributed by atoms with Gasteiger partial charge in [-0.1, -0.05) is 37.6 Å². The van der Waals surface area contributed by atoms with Crippen molar-refractivity contribution in [1.29, 1.82) is 0 Å². The molecule has 0 aliphatic heterocycles. The highest BCUT2D eigenvalue weighted by molar-refractivity contribution is 6.34. The average Bonchev–Trinajstić information content (AvgIpc) is 2.09. The third-order valence-corrected chi connectivity index (χ3v) is 2.63. The zero-order valence-electron chi connectivity index (χ0n) is 8.06. The van der Waals surface area contributed by atoms with Crippen LogP contribution in [0.5, 0.6) is 0 Å². The van der Waals surface area contributed by atoms with E-state index in [4.69, 9.17) is 18.2 Å². The lowest BCUT2D eigenvalue weighted by Gasteiger charge is -2.11. The van der Waals surface area contributed by atoms with Crippen LogP contribution < -0.4 is 0 Å². The molecule has 13 heavy (non-hydrogen) atoms. The van der Waals surface area contributed by atoms with Crippen molar-refractivity contribution in [2.45, 2.75) is 26.7 Å². The lowest BCUT2D eigenvalue weighted by atomic mass is 9.98. The predicted octanol–water partition coefficient (Wildman–Crippen LogP) is 4.32. The molecule has 0 saturated heterocycles. The minimum absolute atomic E-state index is 0.456. The Kier molecular flexibility index (Phi) is 2.95. The lowest BCUT2D eigenvalue weighted by molar-refractivity contribution is 0.857. The second kappa shape index (κ2) is 3.81. The van der Waals surface area contributed by atoms with Crippen molar-refractivity contribution in [2.75, 3.05) is 0 Å². The van der Waals surface area contributed by atoms with Crippen molar-refractivity contribution < 1.29 is 0 Å². The minimum Gasteiger partial charge on any atom is -0.237 e. The molecule has 0 aliphatic carbocycles. The number of rotatable bonds is 1. The van der Waals surface area contributed by atoms with Gasteiger partial charge in [-0.15, -0.1) is 0 Å². The Hall–Kier alpha value is -1.00. The highest BCUT2D eigenvalue weighted by Gasteiger charge is 2.09. The van der Waals surface area contributed by atoms with E-state index >= 15 is 0 Å². The largest absolute Gasteiger partial charge is 0.237 e. The van der Waals surface area contributed by atoms with E-state index in [9.17, 15) is 0 Å². The topological polar surface area (TPSA) is 4.36 Å². The van der Waals surface area contributed by atoms with Crippen LogP contribution in [0.3, 0.4) is 0 Å². The quantitative estimate of drug-likeness (QED) is 0.585. The summed E-state index contributed by atoms with van der Waals surface area (Å²) in [5, 5.41) is 0.598. The van der Waals surface area contributed by atoms with Crippen molar-refractivity contribution in [2.24, 2.45) is 0 Å². The van der Waals surface area contributed by atoms with E-state index in [1.165, 1.54) is 5.56 Å². The Labute approximate surface area is 84.2 Å². The second-order valence-electron chi connectivity index (χ2n) is 3.38. The molecule has 0 unspecified atom stereocenters. The van der Waals surface area contributed by atoms with E-state index < -0.39 is 0 Å². The fourth-order valence-electron chi connectivity index (χ4n) is 1.40. The van der Waals surface area contributed by atoms with E-state index in [0.29, 0.717) is 16.6 Å². The normalized spacial score (nSPS) is 10.2. The standard InChI is InChI=1S/C11H12ClN/c1-7(2)9-5-6-10(13-4)11(12)8(9)3/h5-7H,1-3H3. The van der Waals surface area contributed by atoms with Gasteiger partial charge in [0.05, 0.1) is 11.6 Å². The van der Waals surface area contributed by atoms with Gasteiger partial charge in [0.15, 0.2) is 0 Å². The van der Waals surface area contributed by atoms with Crippen molar-refractivity contribution in [3.8, 4) is 0 Å². The van der Waals surface area contributed by atoms with Crippen LogP contribution in [0.15, 0.2) is 12.1 Å². The Morgan fingerprint density at radius 2 is 2.00 bits per heavy atom. The number of hydrogen-bond donors (Lipinski definition) is 0. The maximum atomic E-state index is 6.90. The van der Waals surface area contributed by atoms with E-state index in [-0.39, 0.29) is 0 Å². The summed E-state index contributed by atoms with van der Waals surface area (Å²) < 4.78 is 0. The molecule has 0 atom stereocenters. The SMILES string of the molecule is [C-]#[N+]c1ccc(C(C)C)c(C)c1Cl. The molecule has 0 aromatic heterocycles. The summed E-state index contributed by atoms with van der Waals surface area (Å²) in [6.45, 7) is 13.1. The minimum atomic E-state index is 0.456. The van der Waals surface area contributed by atoms with Gasteiger partial charge in [0.2, 0.25) is 5.69 Å². The maximum absolute atomic E-state index is 6.90. The van der Waals surface area contributed by atoms with Crippen LogP contribution in [0.2, 0.25) is 5.02 Å². The van der Waals surface area contributed by atoms with Gasteiger partial charge in [-0.2, -0.15) is 0 Å². The summed E-state index contributed by atoms with van der Waals surface area (Å²) in [7, 11) is 0. The second-order valence-corrected chi connectivity index (χ2v) is 3.76. The third-order valence-electron chi connectivity index (χ3n) is 2.15. The van der Waals surface area contributed by atoms with Gasteiger partial charge >= 0.3 is 0 Å². The maximum Gasteiger partial charge on any atom is 0.205 e. The van der Waals surface area contributed by atoms with Gasteiger partial charge in [-0.3, -0.25) is 0 Å². The van der Waals surface area contributed by atoms with Crippen LogP contribution in [0.1, 0.15) is 30.9 Å². The lowest BCUT2D eigenvalue weighted by Crippen LogP contribution is -1.91. The van der Waals surface area contributed by atoms with Gasteiger partial charge in [0, 0.05) is 0 Å². The molecule has 1 aromatic carbocycles. The van der Waals surface area contributed by atoms with Crippen molar-refractivity contribution >= 4 is 17.3 Å². The summed E-state index contributed by atoms with van der Waals surface area (Å²) in [6, 6.07) is 3.77.